The molecule has 1 fully saturated rings. The lowest BCUT2D eigenvalue weighted by atomic mass is 10.1. The molecule has 0 bridgehead atoms. The maximum absolute atomic E-state index is 10.7. The van der Waals surface area contributed by atoms with E-state index in [0.717, 1.165) is 19.1 Å². The number of nitrogens with zero attached hydrogens (tertiary/aromatic N) is 2. The summed E-state index contributed by atoms with van der Waals surface area (Å²) in [7, 11) is 0. The predicted octanol–water partition coefficient (Wildman–Crippen LogP) is 1.02. The van der Waals surface area contributed by atoms with Crippen molar-refractivity contribution in [2.75, 3.05) is 6.61 Å². The molecule has 0 N–H and O–H groups in total. The third-order valence-electron chi connectivity index (χ3n) is 2.10. The topological polar surface area (TPSA) is 62.7 Å². The molecule has 0 radical (unpaired) electrons. The Morgan fingerprint density at radius 2 is 2.25 bits per heavy atom. The Hall–Kier alpha value is -1.15. The molecule has 1 aliphatic carbocycles. The SMILES string of the molecule is [N-]=[N+]=CC(=O)OCC1CCCC1. The summed E-state index contributed by atoms with van der Waals surface area (Å²) in [6, 6.07) is 0. The first-order chi connectivity index (χ1) is 5.83. The van der Waals surface area contributed by atoms with Crippen LogP contribution in [0.1, 0.15) is 25.7 Å². The Balaban J connectivity index is 2.15. The monoisotopic (exact) mass is 168 g/mol. The molecule has 0 aromatic heterocycles. The second-order valence-electron chi connectivity index (χ2n) is 3.03. The fourth-order valence-corrected chi connectivity index (χ4v) is 1.46. The van der Waals surface area contributed by atoms with Crippen molar-refractivity contribution in [1.29, 1.82) is 0 Å². The minimum absolute atomic E-state index is 0.463. The van der Waals surface area contributed by atoms with Gasteiger partial charge in [0.1, 0.15) is 0 Å². The predicted molar refractivity (Wildman–Crippen MR) is 42.6 cm³/mol. The van der Waals surface area contributed by atoms with Crippen molar-refractivity contribution in [3.05, 3.63) is 5.53 Å². The highest BCUT2D eigenvalue weighted by atomic mass is 16.5. The van der Waals surface area contributed by atoms with Crippen LogP contribution in [-0.2, 0) is 9.53 Å². The third-order valence-corrected chi connectivity index (χ3v) is 2.10. The van der Waals surface area contributed by atoms with Crippen molar-refractivity contribution >= 4 is 12.2 Å². The van der Waals surface area contributed by atoms with Gasteiger partial charge in [-0.25, -0.2) is 4.79 Å². The lowest BCUT2D eigenvalue weighted by molar-refractivity contribution is -0.140. The molecule has 4 nitrogen and oxygen atoms in total. The molecule has 0 unspecified atom stereocenters. The van der Waals surface area contributed by atoms with E-state index in [9.17, 15) is 4.79 Å². The van der Waals surface area contributed by atoms with E-state index in [1.807, 2.05) is 0 Å². The highest BCUT2D eigenvalue weighted by molar-refractivity contribution is 6.20. The summed E-state index contributed by atoms with van der Waals surface area (Å²) in [6.45, 7) is 0.463. The zero-order valence-electron chi connectivity index (χ0n) is 6.90. The van der Waals surface area contributed by atoms with E-state index >= 15 is 0 Å². The molecule has 0 atom stereocenters. The molecule has 4 heteroatoms. The summed E-state index contributed by atoms with van der Waals surface area (Å²) in [5.74, 6) is -0.0505. The number of carbonyl (C=O) groups excluding carboxylic acids is 1. The van der Waals surface area contributed by atoms with Crippen LogP contribution in [0.5, 0.6) is 0 Å². The Morgan fingerprint density at radius 1 is 1.58 bits per heavy atom. The van der Waals surface area contributed by atoms with Gasteiger partial charge >= 0.3 is 12.2 Å². The largest absolute Gasteiger partial charge is 0.457 e. The van der Waals surface area contributed by atoms with Crippen LogP contribution < -0.4 is 0 Å². The van der Waals surface area contributed by atoms with Crippen molar-refractivity contribution in [3.8, 4) is 0 Å². The Morgan fingerprint density at radius 3 is 2.83 bits per heavy atom. The van der Waals surface area contributed by atoms with Gasteiger partial charge in [0, 0.05) is 0 Å². The van der Waals surface area contributed by atoms with E-state index in [4.69, 9.17) is 10.3 Å². The smallest absolute Gasteiger partial charge is 0.413 e. The number of carbonyl (C=O) groups is 1. The van der Waals surface area contributed by atoms with E-state index in [-0.39, 0.29) is 0 Å². The Labute approximate surface area is 71.1 Å². The third kappa shape index (κ3) is 2.84. The van der Waals surface area contributed by atoms with Gasteiger partial charge in [0.25, 0.3) is 0 Å². The molecule has 12 heavy (non-hydrogen) atoms. The second-order valence-corrected chi connectivity index (χ2v) is 3.03. The Bertz CT molecular complexity index is 203. The molecule has 0 heterocycles. The lowest BCUT2D eigenvalue weighted by Crippen LogP contribution is -2.12. The van der Waals surface area contributed by atoms with Gasteiger partial charge in [0.15, 0.2) is 0 Å². The quantitative estimate of drug-likeness (QED) is 0.273. The molecule has 1 saturated carbocycles. The first-order valence-corrected chi connectivity index (χ1v) is 4.17. The average Bonchev–Trinajstić information content (AvgIpc) is 2.53. The molecule has 0 saturated heterocycles. The molecule has 0 aromatic carbocycles. The number of ether oxygens (including phenoxy) is 1. The van der Waals surface area contributed by atoms with E-state index in [1.54, 1.807) is 0 Å². The zero-order chi connectivity index (χ0) is 8.81. The molecule has 1 rings (SSSR count). The van der Waals surface area contributed by atoms with Crippen LogP contribution in [0.4, 0.5) is 0 Å². The van der Waals surface area contributed by atoms with Crippen LogP contribution in [0.15, 0.2) is 0 Å². The maximum Gasteiger partial charge on any atom is 0.413 e. The Kier molecular flexibility index (Phi) is 3.48. The van der Waals surface area contributed by atoms with Crippen LogP contribution in [-0.4, -0.2) is 23.6 Å². The highest BCUT2D eigenvalue weighted by Gasteiger charge is 2.16. The standard InChI is InChI=1S/C8H12N2O2/c9-10-5-8(11)12-6-7-3-1-2-4-7/h5,7H,1-4,6H2. The van der Waals surface area contributed by atoms with E-state index in [1.165, 1.54) is 12.8 Å². The first-order valence-electron chi connectivity index (χ1n) is 4.17. The van der Waals surface area contributed by atoms with Crippen molar-refractivity contribution < 1.29 is 14.3 Å². The minimum atomic E-state index is -0.565. The van der Waals surface area contributed by atoms with Gasteiger partial charge in [-0.1, -0.05) is 12.8 Å². The molecular weight excluding hydrogens is 156 g/mol. The van der Waals surface area contributed by atoms with E-state index < -0.39 is 5.97 Å². The first kappa shape index (κ1) is 8.94. The fourth-order valence-electron chi connectivity index (χ4n) is 1.46. The molecule has 1 aliphatic rings. The van der Waals surface area contributed by atoms with Crippen molar-refractivity contribution in [1.82, 2.24) is 0 Å². The number of hydrogen-bond acceptors (Lipinski definition) is 2. The number of rotatable bonds is 3. The van der Waals surface area contributed by atoms with Gasteiger partial charge in [-0.05, 0) is 18.8 Å². The van der Waals surface area contributed by atoms with Crippen molar-refractivity contribution in [3.63, 3.8) is 0 Å². The number of esters is 1. The summed E-state index contributed by atoms with van der Waals surface area (Å²) in [5, 5.41) is 0. The van der Waals surface area contributed by atoms with Gasteiger partial charge in [0.2, 0.25) is 0 Å². The normalized spacial score (nSPS) is 17.0. The van der Waals surface area contributed by atoms with Crippen LogP contribution in [0.3, 0.4) is 0 Å². The van der Waals surface area contributed by atoms with Gasteiger partial charge < -0.3 is 10.3 Å². The molecule has 0 spiro atoms. The van der Waals surface area contributed by atoms with E-state index in [0.29, 0.717) is 12.5 Å². The van der Waals surface area contributed by atoms with Crippen molar-refractivity contribution in [2.24, 2.45) is 5.92 Å². The van der Waals surface area contributed by atoms with Crippen LogP contribution in [0.2, 0.25) is 0 Å². The van der Waals surface area contributed by atoms with Crippen LogP contribution in [0, 0.1) is 5.92 Å². The summed E-state index contributed by atoms with van der Waals surface area (Å²) in [5.41, 5.74) is 8.00. The molecule has 0 amide bonds. The second kappa shape index (κ2) is 4.67. The van der Waals surface area contributed by atoms with Crippen molar-refractivity contribution in [2.45, 2.75) is 25.7 Å². The van der Waals surface area contributed by atoms with Gasteiger partial charge in [-0.15, -0.1) is 0 Å². The van der Waals surface area contributed by atoms with Crippen LogP contribution >= 0.6 is 0 Å². The minimum Gasteiger partial charge on any atom is -0.457 e. The van der Waals surface area contributed by atoms with Gasteiger partial charge in [-0.2, -0.15) is 4.79 Å². The lowest BCUT2D eigenvalue weighted by Gasteiger charge is -2.06. The maximum atomic E-state index is 10.7. The van der Waals surface area contributed by atoms with Gasteiger partial charge in [-0.3, -0.25) is 0 Å². The summed E-state index contributed by atoms with van der Waals surface area (Å²) in [6.07, 6.45) is 5.52. The van der Waals surface area contributed by atoms with Crippen LogP contribution in [0.25, 0.3) is 5.53 Å². The average molecular weight is 168 g/mol. The van der Waals surface area contributed by atoms with E-state index in [2.05, 4.69) is 4.79 Å². The summed E-state index contributed by atoms with van der Waals surface area (Å²) in [4.78, 5) is 13.2. The molecule has 66 valence electrons. The number of hydrogen-bond donors (Lipinski definition) is 0. The van der Waals surface area contributed by atoms with Gasteiger partial charge in [0.05, 0.1) is 6.61 Å². The molecule has 0 aliphatic heterocycles. The molecular formula is C8H12N2O2. The summed E-state index contributed by atoms with van der Waals surface area (Å²) < 4.78 is 4.82. The highest BCUT2D eigenvalue weighted by Crippen LogP contribution is 2.24. The zero-order valence-corrected chi connectivity index (χ0v) is 6.90. The summed E-state index contributed by atoms with van der Waals surface area (Å²) >= 11 is 0. The molecule has 0 aromatic rings. The fraction of sp³-hybridized carbons (Fsp3) is 0.750.